The summed E-state index contributed by atoms with van der Waals surface area (Å²) >= 11 is 0. The highest BCUT2D eigenvalue weighted by atomic mass is 14.7. The average Bonchev–Trinajstić information content (AvgIpc) is 3.61. The van der Waals surface area contributed by atoms with Crippen LogP contribution in [0.3, 0.4) is 0 Å². The Bertz CT molecular complexity index is 2030. The topological polar surface area (TPSA) is 15.8 Å². The SMILES string of the molecule is c1ccc(-c2ccc3[nH]c4c5c(ccc4c3c2)C2(c3ccccc3-c3ccccc32)c2ccccc2-5)cc1. The summed E-state index contributed by atoms with van der Waals surface area (Å²) in [6, 6.07) is 49.2. The first-order chi connectivity index (χ1) is 18.9. The molecular formula is C37H23N. The molecule has 0 bridgehead atoms. The highest BCUT2D eigenvalue weighted by Gasteiger charge is 2.51. The number of H-pyrrole nitrogens is 1. The van der Waals surface area contributed by atoms with E-state index in [0.717, 1.165) is 0 Å². The Hall–Kier alpha value is -4.88. The molecule has 1 N–H and O–H groups in total. The summed E-state index contributed by atoms with van der Waals surface area (Å²) in [5, 5.41) is 2.55. The van der Waals surface area contributed by atoms with Gasteiger partial charge in [-0.05, 0) is 62.2 Å². The van der Waals surface area contributed by atoms with Crippen molar-refractivity contribution in [2.45, 2.75) is 5.41 Å². The highest BCUT2D eigenvalue weighted by molar-refractivity contribution is 6.15. The van der Waals surface area contributed by atoms with E-state index in [9.17, 15) is 0 Å². The molecule has 0 unspecified atom stereocenters. The molecule has 1 heteroatoms. The van der Waals surface area contributed by atoms with Crippen LogP contribution in [0.5, 0.6) is 0 Å². The van der Waals surface area contributed by atoms with E-state index in [-0.39, 0.29) is 5.41 Å². The van der Waals surface area contributed by atoms with Gasteiger partial charge in [0.2, 0.25) is 0 Å². The molecule has 7 aromatic rings. The molecular weight excluding hydrogens is 458 g/mol. The molecule has 0 atom stereocenters. The second-order valence-electron chi connectivity index (χ2n) is 10.5. The molecule has 1 nitrogen and oxygen atoms in total. The maximum atomic E-state index is 3.85. The molecule has 176 valence electrons. The van der Waals surface area contributed by atoms with Gasteiger partial charge in [0.25, 0.3) is 0 Å². The smallest absolute Gasteiger partial charge is 0.0726 e. The van der Waals surface area contributed by atoms with Crippen LogP contribution in [0.15, 0.2) is 133 Å². The van der Waals surface area contributed by atoms with Crippen LogP contribution < -0.4 is 0 Å². The molecule has 0 saturated heterocycles. The van der Waals surface area contributed by atoms with Crippen LogP contribution >= 0.6 is 0 Å². The molecule has 38 heavy (non-hydrogen) atoms. The maximum Gasteiger partial charge on any atom is 0.0726 e. The van der Waals surface area contributed by atoms with Crippen molar-refractivity contribution in [3.63, 3.8) is 0 Å². The van der Waals surface area contributed by atoms with E-state index in [1.54, 1.807) is 0 Å². The zero-order chi connectivity index (χ0) is 24.8. The zero-order valence-corrected chi connectivity index (χ0v) is 20.7. The van der Waals surface area contributed by atoms with Gasteiger partial charge in [0, 0.05) is 21.9 Å². The first kappa shape index (κ1) is 20.2. The van der Waals surface area contributed by atoms with Crippen LogP contribution in [0.1, 0.15) is 22.3 Å². The van der Waals surface area contributed by atoms with Gasteiger partial charge >= 0.3 is 0 Å². The van der Waals surface area contributed by atoms with Crippen LogP contribution in [-0.2, 0) is 5.41 Å². The van der Waals surface area contributed by atoms with Gasteiger partial charge in [-0.15, -0.1) is 0 Å². The lowest BCUT2D eigenvalue weighted by atomic mass is 9.70. The lowest BCUT2D eigenvalue weighted by molar-refractivity contribution is 0.794. The third-order valence-corrected chi connectivity index (χ3v) is 8.84. The van der Waals surface area contributed by atoms with Crippen LogP contribution in [0.25, 0.3) is 55.2 Å². The minimum absolute atomic E-state index is 0.306. The summed E-state index contributed by atoms with van der Waals surface area (Å²) in [4.78, 5) is 3.85. The van der Waals surface area contributed by atoms with E-state index in [1.165, 1.54) is 77.4 Å². The molecule has 0 fully saturated rings. The lowest BCUT2D eigenvalue weighted by Gasteiger charge is -2.30. The lowest BCUT2D eigenvalue weighted by Crippen LogP contribution is -2.25. The minimum atomic E-state index is -0.306. The Kier molecular flexibility index (Phi) is 3.78. The van der Waals surface area contributed by atoms with E-state index < -0.39 is 0 Å². The quantitative estimate of drug-likeness (QED) is 0.240. The summed E-state index contributed by atoms with van der Waals surface area (Å²) in [5.74, 6) is 0. The van der Waals surface area contributed by atoms with Crippen molar-refractivity contribution in [2.24, 2.45) is 0 Å². The molecule has 9 rings (SSSR count). The maximum absolute atomic E-state index is 3.85. The second kappa shape index (κ2) is 7.12. The van der Waals surface area contributed by atoms with Crippen LogP contribution in [0.2, 0.25) is 0 Å². The normalized spacial score (nSPS) is 14.0. The fourth-order valence-corrected chi connectivity index (χ4v) is 7.36. The zero-order valence-electron chi connectivity index (χ0n) is 20.7. The summed E-state index contributed by atoms with van der Waals surface area (Å²) in [6.07, 6.45) is 0. The summed E-state index contributed by atoms with van der Waals surface area (Å²) < 4.78 is 0. The predicted molar refractivity (Wildman–Crippen MR) is 158 cm³/mol. The van der Waals surface area contributed by atoms with Gasteiger partial charge in [-0.25, -0.2) is 0 Å². The predicted octanol–water partition coefficient (Wildman–Crippen LogP) is 9.33. The molecule has 0 aliphatic heterocycles. The van der Waals surface area contributed by atoms with Gasteiger partial charge in [-0.3, -0.25) is 0 Å². The fraction of sp³-hybridized carbons (Fsp3) is 0.0270. The van der Waals surface area contributed by atoms with E-state index in [0.29, 0.717) is 0 Å². The van der Waals surface area contributed by atoms with Crippen LogP contribution in [0.4, 0.5) is 0 Å². The third-order valence-electron chi connectivity index (χ3n) is 8.84. The molecule has 0 amide bonds. The number of aromatic nitrogens is 1. The molecule has 0 saturated carbocycles. The molecule has 2 aliphatic rings. The van der Waals surface area contributed by atoms with Gasteiger partial charge in [-0.2, -0.15) is 0 Å². The van der Waals surface area contributed by atoms with Gasteiger partial charge in [0.05, 0.1) is 10.9 Å². The van der Waals surface area contributed by atoms with Gasteiger partial charge < -0.3 is 4.98 Å². The Morgan fingerprint density at radius 1 is 0.421 bits per heavy atom. The fourth-order valence-electron chi connectivity index (χ4n) is 7.36. The summed E-state index contributed by atoms with van der Waals surface area (Å²) in [6.45, 7) is 0. The Labute approximate surface area is 221 Å². The Morgan fingerprint density at radius 2 is 1.03 bits per heavy atom. The summed E-state index contributed by atoms with van der Waals surface area (Å²) in [7, 11) is 0. The molecule has 1 aromatic heterocycles. The molecule has 2 aliphatic carbocycles. The average molecular weight is 482 g/mol. The summed E-state index contributed by atoms with van der Waals surface area (Å²) in [5.41, 5.74) is 15.5. The number of benzene rings is 6. The number of hydrogen-bond acceptors (Lipinski definition) is 0. The number of hydrogen-bond donors (Lipinski definition) is 1. The van der Waals surface area contributed by atoms with Crippen molar-refractivity contribution in [3.05, 3.63) is 156 Å². The molecule has 1 heterocycles. The van der Waals surface area contributed by atoms with Crippen molar-refractivity contribution in [1.29, 1.82) is 0 Å². The minimum Gasteiger partial charge on any atom is -0.354 e. The number of aromatic amines is 1. The first-order valence-corrected chi connectivity index (χ1v) is 13.3. The van der Waals surface area contributed by atoms with Gasteiger partial charge in [0.15, 0.2) is 0 Å². The second-order valence-corrected chi connectivity index (χ2v) is 10.5. The van der Waals surface area contributed by atoms with E-state index in [2.05, 4.69) is 138 Å². The van der Waals surface area contributed by atoms with Crippen LogP contribution in [0, 0.1) is 0 Å². The van der Waals surface area contributed by atoms with Crippen molar-refractivity contribution in [3.8, 4) is 33.4 Å². The van der Waals surface area contributed by atoms with Crippen molar-refractivity contribution in [1.82, 2.24) is 4.98 Å². The third kappa shape index (κ3) is 2.33. The van der Waals surface area contributed by atoms with E-state index in [4.69, 9.17) is 0 Å². The molecule has 1 spiro atoms. The standard InChI is InChI=1S/C37H23N/c1-2-10-23(11-3-1)24-18-21-34-29(22-24)27-19-20-33-35(36(27)38-34)28-14-6-9-17-32(28)37(33)30-15-7-4-12-25(30)26-13-5-8-16-31(26)37/h1-22,38H. The molecule has 6 aromatic carbocycles. The van der Waals surface area contributed by atoms with Gasteiger partial charge in [0.1, 0.15) is 0 Å². The monoisotopic (exact) mass is 481 g/mol. The molecule has 0 radical (unpaired) electrons. The van der Waals surface area contributed by atoms with E-state index >= 15 is 0 Å². The largest absolute Gasteiger partial charge is 0.354 e. The first-order valence-electron chi connectivity index (χ1n) is 13.3. The number of fused-ring (bicyclic) bond motifs is 14. The van der Waals surface area contributed by atoms with E-state index in [1.807, 2.05) is 0 Å². The highest BCUT2D eigenvalue weighted by Crippen LogP contribution is 2.63. The number of nitrogens with one attached hydrogen (secondary N) is 1. The van der Waals surface area contributed by atoms with Crippen molar-refractivity contribution >= 4 is 21.8 Å². The van der Waals surface area contributed by atoms with Crippen molar-refractivity contribution in [2.75, 3.05) is 0 Å². The Balaban J connectivity index is 1.41. The van der Waals surface area contributed by atoms with Crippen LogP contribution in [-0.4, -0.2) is 4.98 Å². The Morgan fingerprint density at radius 3 is 1.74 bits per heavy atom. The van der Waals surface area contributed by atoms with Gasteiger partial charge in [-0.1, -0.05) is 121 Å². The van der Waals surface area contributed by atoms with Crippen molar-refractivity contribution < 1.29 is 0 Å². The number of rotatable bonds is 1.